The minimum atomic E-state index is 0.668. The molecule has 0 spiro atoms. The lowest BCUT2D eigenvalue weighted by Gasteiger charge is -2.27. The molecular formula is C17H16. The summed E-state index contributed by atoms with van der Waals surface area (Å²) in [6.45, 7) is 2.39. The fourth-order valence-electron chi connectivity index (χ4n) is 3.74. The van der Waals surface area contributed by atoms with E-state index in [4.69, 9.17) is 0 Å². The molecule has 2 aromatic carbocycles. The predicted octanol–water partition coefficient (Wildman–Crippen LogP) is 4.38. The monoisotopic (exact) mass is 220 g/mol. The number of rotatable bonds is 0. The summed E-state index contributed by atoms with van der Waals surface area (Å²) in [5, 5.41) is 0. The van der Waals surface area contributed by atoms with Crippen molar-refractivity contribution in [3.63, 3.8) is 0 Å². The van der Waals surface area contributed by atoms with Crippen LogP contribution in [0.3, 0.4) is 0 Å². The van der Waals surface area contributed by atoms with Crippen LogP contribution in [-0.4, -0.2) is 0 Å². The first kappa shape index (κ1) is 9.47. The Bertz CT molecular complexity index is 595. The molecule has 2 atom stereocenters. The van der Waals surface area contributed by atoms with Crippen LogP contribution in [0.1, 0.15) is 36.0 Å². The normalized spacial score (nSPS) is 24.3. The van der Waals surface area contributed by atoms with Crippen LogP contribution in [0.2, 0.25) is 0 Å². The molecule has 0 heteroatoms. The van der Waals surface area contributed by atoms with E-state index < -0.39 is 0 Å². The van der Waals surface area contributed by atoms with Gasteiger partial charge in [0.2, 0.25) is 0 Å². The maximum Gasteiger partial charge on any atom is 0.0107 e. The Morgan fingerprint density at radius 2 is 1.76 bits per heavy atom. The fourth-order valence-corrected chi connectivity index (χ4v) is 3.74. The van der Waals surface area contributed by atoms with Crippen molar-refractivity contribution < 1.29 is 0 Å². The van der Waals surface area contributed by atoms with Gasteiger partial charge in [0.1, 0.15) is 0 Å². The molecule has 0 bridgehead atoms. The average Bonchev–Trinajstić information content (AvgIpc) is 2.67. The molecule has 17 heavy (non-hydrogen) atoms. The third-order valence-electron chi connectivity index (χ3n) is 4.38. The second kappa shape index (κ2) is 3.22. The molecule has 0 aromatic heterocycles. The van der Waals surface area contributed by atoms with Gasteiger partial charge in [0.05, 0.1) is 0 Å². The van der Waals surface area contributed by atoms with E-state index in [0.29, 0.717) is 5.92 Å². The predicted molar refractivity (Wildman–Crippen MR) is 71.2 cm³/mol. The van der Waals surface area contributed by atoms with Gasteiger partial charge in [-0.05, 0) is 46.6 Å². The number of hydrogen-bond donors (Lipinski definition) is 0. The van der Waals surface area contributed by atoms with E-state index >= 15 is 0 Å². The van der Waals surface area contributed by atoms with Gasteiger partial charge in [-0.3, -0.25) is 0 Å². The molecule has 0 fully saturated rings. The summed E-state index contributed by atoms with van der Waals surface area (Å²) < 4.78 is 0. The van der Waals surface area contributed by atoms with Gasteiger partial charge in [-0.1, -0.05) is 49.4 Å². The molecule has 0 aliphatic heterocycles. The van der Waals surface area contributed by atoms with Gasteiger partial charge in [-0.15, -0.1) is 0 Å². The molecule has 2 aromatic rings. The lowest BCUT2D eigenvalue weighted by Crippen LogP contribution is -2.15. The smallest absolute Gasteiger partial charge is 0.0107 e. The molecule has 0 heterocycles. The van der Waals surface area contributed by atoms with E-state index in [2.05, 4.69) is 49.4 Å². The molecule has 0 amide bonds. The second-order valence-corrected chi connectivity index (χ2v) is 5.56. The van der Waals surface area contributed by atoms with Crippen molar-refractivity contribution in [3.8, 4) is 11.1 Å². The maximum absolute atomic E-state index is 2.39. The van der Waals surface area contributed by atoms with Crippen LogP contribution in [0.5, 0.6) is 0 Å². The highest BCUT2D eigenvalue weighted by Gasteiger charge is 2.34. The van der Waals surface area contributed by atoms with Crippen molar-refractivity contribution in [1.29, 1.82) is 0 Å². The summed E-state index contributed by atoms with van der Waals surface area (Å²) in [5.74, 6) is 1.48. The van der Waals surface area contributed by atoms with Gasteiger partial charge in [0, 0.05) is 5.92 Å². The number of hydrogen-bond acceptors (Lipinski definition) is 0. The van der Waals surface area contributed by atoms with Crippen molar-refractivity contribution in [1.82, 2.24) is 0 Å². The maximum atomic E-state index is 2.39. The molecular weight excluding hydrogens is 204 g/mol. The van der Waals surface area contributed by atoms with Crippen molar-refractivity contribution in [2.75, 3.05) is 0 Å². The Labute approximate surface area is 102 Å². The average molecular weight is 220 g/mol. The lowest BCUT2D eigenvalue weighted by molar-refractivity contribution is 0.470. The van der Waals surface area contributed by atoms with E-state index in [-0.39, 0.29) is 0 Å². The van der Waals surface area contributed by atoms with Gasteiger partial charge in [-0.2, -0.15) is 0 Å². The molecule has 0 saturated heterocycles. The second-order valence-electron chi connectivity index (χ2n) is 5.56. The third-order valence-corrected chi connectivity index (χ3v) is 4.38. The minimum Gasteiger partial charge on any atom is -0.0622 e. The van der Waals surface area contributed by atoms with E-state index in [0.717, 1.165) is 5.92 Å². The summed E-state index contributed by atoms with van der Waals surface area (Å²) >= 11 is 0. The van der Waals surface area contributed by atoms with E-state index in [1.807, 2.05) is 0 Å². The Hall–Kier alpha value is -1.56. The van der Waals surface area contributed by atoms with Crippen molar-refractivity contribution >= 4 is 0 Å². The van der Waals surface area contributed by atoms with Gasteiger partial charge in [0.25, 0.3) is 0 Å². The minimum absolute atomic E-state index is 0.668. The largest absolute Gasteiger partial charge is 0.0622 e. The van der Waals surface area contributed by atoms with Gasteiger partial charge in [0.15, 0.2) is 0 Å². The van der Waals surface area contributed by atoms with Crippen LogP contribution in [0.4, 0.5) is 0 Å². The molecule has 4 rings (SSSR count). The number of benzene rings is 2. The molecule has 2 aliphatic carbocycles. The quantitative estimate of drug-likeness (QED) is 0.618. The van der Waals surface area contributed by atoms with Crippen molar-refractivity contribution in [2.24, 2.45) is 5.92 Å². The van der Waals surface area contributed by atoms with Crippen molar-refractivity contribution in [2.45, 2.75) is 25.7 Å². The topological polar surface area (TPSA) is 0 Å². The summed E-state index contributed by atoms with van der Waals surface area (Å²) in [6.07, 6.45) is 2.58. The number of fused-ring (bicyclic) bond motifs is 3. The Balaban J connectivity index is 2.06. The van der Waals surface area contributed by atoms with Crippen molar-refractivity contribution in [3.05, 3.63) is 59.2 Å². The van der Waals surface area contributed by atoms with Gasteiger partial charge in [-0.25, -0.2) is 0 Å². The first-order valence-electron chi connectivity index (χ1n) is 6.55. The van der Waals surface area contributed by atoms with Crippen LogP contribution in [0.15, 0.2) is 42.5 Å². The van der Waals surface area contributed by atoms with Crippen LogP contribution in [0, 0.1) is 5.92 Å². The van der Waals surface area contributed by atoms with E-state index in [1.165, 1.54) is 24.0 Å². The highest BCUT2D eigenvalue weighted by atomic mass is 14.4. The van der Waals surface area contributed by atoms with Crippen LogP contribution < -0.4 is 0 Å². The van der Waals surface area contributed by atoms with E-state index in [1.54, 1.807) is 16.7 Å². The molecule has 84 valence electrons. The highest BCUT2D eigenvalue weighted by Crippen LogP contribution is 2.51. The standard InChI is InChI=1S/C17H16/c1-11-9-12-5-4-8-15-13-6-2-3-7-14(13)16(10-11)17(12)15/h2-8,11,16H,9-10H2,1H3. The third kappa shape index (κ3) is 1.18. The summed E-state index contributed by atoms with van der Waals surface area (Å²) in [5.41, 5.74) is 7.74. The van der Waals surface area contributed by atoms with Gasteiger partial charge < -0.3 is 0 Å². The lowest BCUT2D eigenvalue weighted by atomic mass is 9.77. The first-order chi connectivity index (χ1) is 8.34. The summed E-state index contributed by atoms with van der Waals surface area (Å²) in [7, 11) is 0. The Kier molecular flexibility index (Phi) is 1.80. The van der Waals surface area contributed by atoms with E-state index in [9.17, 15) is 0 Å². The Morgan fingerprint density at radius 1 is 0.941 bits per heavy atom. The highest BCUT2D eigenvalue weighted by molar-refractivity contribution is 5.80. The fraction of sp³-hybridized carbons (Fsp3) is 0.294. The van der Waals surface area contributed by atoms with Crippen LogP contribution in [0.25, 0.3) is 11.1 Å². The SMILES string of the molecule is CC1Cc2cccc3c2C(C1)c1ccccc1-3. The molecule has 2 aliphatic rings. The van der Waals surface area contributed by atoms with Gasteiger partial charge >= 0.3 is 0 Å². The first-order valence-corrected chi connectivity index (χ1v) is 6.55. The molecule has 0 radical (unpaired) electrons. The Morgan fingerprint density at radius 3 is 2.71 bits per heavy atom. The summed E-state index contributed by atoms with van der Waals surface area (Å²) in [4.78, 5) is 0. The zero-order chi connectivity index (χ0) is 11.4. The summed E-state index contributed by atoms with van der Waals surface area (Å²) in [6, 6.07) is 15.8. The van der Waals surface area contributed by atoms with Crippen LogP contribution in [-0.2, 0) is 6.42 Å². The molecule has 0 nitrogen and oxygen atoms in total. The van der Waals surface area contributed by atoms with Crippen LogP contribution >= 0.6 is 0 Å². The molecule has 0 N–H and O–H groups in total. The zero-order valence-electron chi connectivity index (χ0n) is 10.1. The molecule has 2 unspecified atom stereocenters. The molecule has 0 saturated carbocycles. The zero-order valence-corrected chi connectivity index (χ0v) is 10.1.